The zero-order valence-electron chi connectivity index (χ0n) is 13.3. The summed E-state index contributed by atoms with van der Waals surface area (Å²) in [6.45, 7) is 0.664. The molecule has 9 heteroatoms. The maximum Gasteiger partial charge on any atom is 0.217 e. The average molecular weight is 422 g/mol. The first-order chi connectivity index (χ1) is 12.6. The zero-order chi connectivity index (χ0) is 18.1. The smallest absolute Gasteiger partial charge is 0.217 e. The molecule has 0 amide bonds. The Bertz CT molecular complexity index is 1010. The number of thiocarbonyl (C=S) groups is 1. The van der Waals surface area contributed by atoms with Crippen molar-refractivity contribution >= 4 is 69.3 Å². The maximum absolute atomic E-state index is 5.92. The number of nitrogens with zero attached hydrogens (tertiary/aromatic N) is 3. The summed E-state index contributed by atoms with van der Waals surface area (Å²) in [5.74, 6) is 0.771. The molecule has 1 unspecified atom stereocenters. The van der Waals surface area contributed by atoms with Crippen molar-refractivity contribution in [2.75, 3.05) is 10.6 Å². The molecule has 3 aromatic rings. The molecule has 0 radical (unpaired) electrons. The standard InChI is InChI=1S/C17H13Cl2N5S2/c18-10-1-5-12(6-2-10)20-15(25)14-9-24-16(22-14)23-26-17(24)21-13-7-3-11(19)4-8-13/h1-8,14H,9H2,(H,20,25)(H,22,23). The third-order valence-electron chi connectivity index (χ3n) is 3.85. The summed E-state index contributed by atoms with van der Waals surface area (Å²) in [4.78, 5) is 6.15. The Hall–Kier alpha value is -1.93. The van der Waals surface area contributed by atoms with E-state index >= 15 is 0 Å². The van der Waals surface area contributed by atoms with Gasteiger partial charge in [0.25, 0.3) is 0 Å². The summed E-state index contributed by atoms with van der Waals surface area (Å²) in [6, 6.07) is 14.8. The molecule has 0 saturated carbocycles. The van der Waals surface area contributed by atoms with Crippen LogP contribution in [0.3, 0.4) is 0 Å². The summed E-state index contributed by atoms with van der Waals surface area (Å²) in [5, 5.41) is 7.95. The van der Waals surface area contributed by atoms with Crippen molar-refractivity contribution in [3.05, 3.63) is 63.4 Å². The number of nitrogens with one attached hydrogen (secondary N) is 2. The molecule has 0 saturated heterocycles. The highest BCUT2D eigenvalue weighted by molar-refractivity contribution is 7.80. The number of rotatable bonds is 3. The second-order valence-electron chi connectivity index (χ2n) is 5.68. The van der Waals surface area contributed by atoms with Crippen molar-refractivity contribution in [1.82, 2.24) is 8.94 Å². The molecule has 1 atom stereocenters. The Kier molecular flexibility index (Phi) is 4.95. The molecular formula is C17H13Cl2N5S2. The predicted molar refractivity (Wildman–Crippen MR) is 112 cm³/mol. The summed E-state index contributed by atoms with van der Waals surface area (Å²) in [6.07, 6.45) is 0. The van der Waals surface area contributed by atoms with Gasteiger partial charge in [0.15, 0.2) is 0 Å². The first kappa shape index (κ1) is 17.5. The van der Waals surface area contributed by atoms with E-state index in [-0.39, 0.29) is 6.04 Å². The molecule has 1 aliphatic rings. The van der Waals surface area contributed by atoms with Crippen LogP contribution in [0, 0.1) is 0 Å². The molecule has 5 nitrogen and oxygen atoms in total. The number of aromatic nitrogens is 2. The van der Waals surface area contributed by atoms with Crippen molar-refractivity contribution in [2.24, 2.45) is 4.99 Å². The minimum absolute atomic E-state index is 0.0456. The lowest BCUT2D eigenvalue weighted by Crippen LogP contribution is -2.32. The molecule has 0 aliphatic carbocycles. The number of fused-ring (bicyclic) bond motifs is 1. The summed E-state index contributed by atoms with van der Waals surface area (Å²) < 4.78 is 6.46. The van der Waals surface area contributed by atoms with Gasteiger partial charge in [0, 0.05) is 27.3 Å². The number of anilines is 2. The van der Waals surface area contributed by atoms with Gasteiger partial charge in [0.1, 0.15) is 4.99 Å². The second-order valence-corrected chi connectivity index (χ2v) is 7.72. The van der Waals surface area contributed by atoms with E-state index in [0.29, 0.717) is 21.6 Å². The minimum Gasteiger partial charge on any atom is -0.348 e. The van der Waals surface area contributed by atoms with Crippen LogP contribution in [-0.2, 0) is 6.54 Å². The fourth-order valence-electron chi connectivity index (χ4n) is 2.54. The lowest BCUT2D eigenvalue weighted by molar-refractivity contribution is 0.736. The largest absolute Gasteiger partial charge is 0.348 e. The molecule has 2 heterocycles. The van der Waals surface area contributed by atoms with Crippen molar-refractivity contribution in [3.63, 3.8) is 0 Å². The van der Waals surface area contributed by atoms with Gasteiger partial charge in [-0.25, -0.2) is 4.99 Å². The van der Waals surface area contributed by atoms with Crippen molar-refractivity contribution in [3.8, 4) is 0 Å². The zero-order valence-corrected chi connectivity index (χ0v) is 16.5. The van der Waals surface area contributed by atoms with Gasteiger partial charge in [-0.3, -0.25) is 4.57 Å². The minimum atomic E-state index is -0.0456. The van der Waals surface area contributed by atoms with Gasteiger partial charge in [-0.15, -0.1) is 0 Å². The van der Waals surface area contributed by atoms with Gasteiger partial charge in [-0.1, -0.05) is 35.4 Å². The van der Waals surface area contributed by atoms with Crippen LogP contribution >= 0.6 is 47.0 Å². The first-order valence-corrected chi connectivity index (χ1v) is 9.72. The lowest BCUT2D eigenvalue weighted by atomic mass is 10.2. The summed E-state index contributed by atoms with van der Waals surface area (Å²) in [5.41, 5.74) is 1.73. The van der Waals surface area contributed by atoms with E-state index in [1.165, 1.54) is 11.5 Å². The van der Waals surface area contributed by atoms with Gasteiger partial charge >= 0.3 is 0 Å². The Morgan fingerprint density at radius 3 is 2.50 bits per heavy atom. The van der Waals surface area contributed by atoms with Crippen LogP contribution in [0.5, 0.6) is 0 Å². The lowest BCUT2D eigenvalue weighted by Gasteiger charge is -2.14. The van der Waals surface area contributed by atoms with Crippen LogP contribution in [0.2, 0.25) is 10.0 Å². The Morgan fingerprint density at radius 2 is 1.81 bits per heavy atom. The molecule has 4 rings (SSSR count). The van der Waals surface area contributed by atoms with Gasteiger partial charge in [0.05, 0.1) is 18.3 Å². The van der Waals surface area contributed by atoms with Gasteiger partial charge in [-0.05, 0) is 48.5 Å². The molecule has 2 N–H and O–H groups in total. The van der Waals surface area contributed by atoms with Gasteiger partial charge < -0.3 is 10.6 Å². The predicted octanol–water partition coefficient (Wildman–Crippen LogP) is 4.72. The number of benzene rings is 2. The van der Waals surface area contributed by atoms with Crippen LogP contribution in [0.1, 0.15) is 0 Å². The molecule has 1 aromatic heterocycles. The first-order valence-electron chi connectivity index (χ1n) is 7.78. The van der Waals surface area contributed by atoms with Crippen molar-refractivity contribution in [2.45, 2.75) is 12.6 Å². The van der Waals surface area contributed by atoms with E-state index in [1.807, 2.05) is 53.1 Å². The summed E-state index contributed by atoms with van der Waals surface area (Å²) >= 11 is 18.7. The number of hydrogen-bond acceptors (Lipinski definition) is 5. The molecule has 0 fully saturated rings. The topological polar surface area (TPSA) is 54.2 Å². The molecule has 132 valence electrons. The van der Waals surface area contributed by atoms with E-state index in [0.717, 1.165) is 22.1 Å². The van der Waals surface area contributed by atoms with Crippen LogP contribution in [0.4, 0.5) is 17.3 Å². The quantitative estimate of drug-likeness (QED) is 0.600. The molecule has 0 spiro atoms. The monoisotopic (exact) mass is 421 g/mol. The van der Waals surface area contributed by atoms with Gasteiger partial charge in [-0.2, -0.15) is 4.37 Å². The highest BCUT2D eigenvalue weighted by atomic mass is 35.5. The van der Waals surface area contributed by atoms with Crippen LogP contribution in [-0.4, -0.2) is 20.0 Å². The van der Waals surface area contributed by atoms with Crippen LogP contribution < -0.4 is 15.4 Å². The third kappa shape index (κ3) is 3.76. The van der Waals surface area contributed by atoms with E-state index in [4.69, 9.17) is 35.4 Å². The Balaban J connectivity index is 1.51. The normalized spacial score (nSPS) is 16.2. The third-order valence-corrected chi connectivity index (χ3v) is 5.48. The van der Waals surface area contributed by atoms with Gasteiger partial charge in [0.2, 0.25) is 10.7 Å². The van der Waals surface area contributed by atoms with E-state index in [2.05, 4.69) is 20.0 Å². The number of hydrogen-bond donors (Lipinski definition) is 2. The van der Waals surface area contributed by atoms with E-state index in [1.54, 1.807) is 0 Å². The molecular weight excluding hydrogens is 409 g/mol. The van der Waals surface area contributed by atoms with Crippen LogP contribution in [0.15, 0.2) is 53.5 Å². The Morgan fingerprint density at radius 1 is 1.15 bits per heavy atom. The van der Waals surface area contributed by atoms with Crippen molar-refractivity contribution in [1.29, 1.82) is 0 Å². The van der Waals surface area contributed by atoms with Crippen molar-refractivity contribution < 1.29 is 0 Å². The second kappa shape index (κ2) is 7.36. The highest BCUT2D eigenvalue weighted by Gasteiger charge is 2.26. The Labute approximate surface area is 169 Å². The summed E-state index contributed by atoms with van der Waals surface area (Å²) in [7, 11) is 0. The molecule has 2 aromatic carbocycles. The molecule has 1 aliphatic heterocycles. The number of halogens is 2. The highest BCUT2D eigenvalue weighted by Crippen LogP contribution is 2.20. The molecule has 0 bridgehead atoms. The van der Waals surface area contributed by atoms with E-state index < -0.39 is 0 Å². The SMILES string of the molecule is S=C(Nc1ccc(Cl)cc1)C1Cn2c(nsc2=Nc2ccc(Cl)cc2)N1. The fraction of sp³-hybridized carbons (Fsp3) is 0.118. The van der Waals surface area contributed by atoms with E-state index in [9.17, 15) is 0 Å². The average Bonchev–Trinajstić information content (AvgIpc) is 3.21. The molecule has 26 heavy (non-hydrogen) atoms. The maximum atomic E-state index is 5.92. The van der Waals surface area contributed by atoms with Crippen LogP contribution in [0.25, 0.3) is 0 Å². The fourth-order valence-corrected chi connectivity index (χ4v) is 3.77.